The first-order chi connectivity index (χ1) is 24.0. The summed E-state index contributed by atoms with van der Waals surface area (Å²) < 4.78 is 19.9. The Bertz CT molecular complexity index is 1790. The van der Waals surface area contributed by atoms with Crippen molar-refractivity contribution in [2.75, 3.05) is 19.7 Å². The highest BCUT2D eigenvalue weighted by atomic mass is 28.4. The summed E-state index contributed by atoms with van der Waals surface area (Å²) in [4.78, 5) is 15.6. The van der Waals surface area contributed by atoms with Crippen LogP contribution in [0.1, 0.15) is 82.1 Å². The minimum Gasteiger partial charge on any atom is -0.493 e. The molecule has 1 atom stereocenters. The number of hydrogen-bond acceptors (Lipinski definition) is 5. The van der Waals surface area contributed by atoms with Crippen LogP contribution in [0.25, 0.3) is 10.9 Å². The number of H-pyrrole nitrogens is 1. The van der Waals surface area contributed by atoms with E-state index >= 15 is 0 Å². The predicted octanol–water partition coefficient (Wildman–Crippen LogP) is 9.60. The van der Waals surface area contributed by atoms with Crippen LogP contribution in [-0.4, -0.2) is 33.0 Å². The molecule has 266 valence electrons. The minimum atomic E-state index is -2.15. The van der Waals surface area contributed by atoms with Crippen LogP contribution < -0.4 is 20.3 Å². The number of benzene rings is 3. The van der Waals surface area contributed by atoms with Gasteiger partial charge in [0.2, 0.25) is 5.56 Å². The maximum absolute atomic E-state index is 12.5. The number of fused-ring (bicyclic) bond motifs is 1. The molecule has 4 fully saturated rings. The first kappa shape index (κ1) is 35.0. The van der Waals surface area contributed by atoms with Crippen LogP contribution in [0.15, 0.2) is 83.7 Å². The quantitative estimate of drug-likeness (QED) is 0.102. The van der Waals surface area contributed by atoms with Crippen molar-refractivity contribution < 1.29 is 13.9 Å². The Hall–Kier alpha value is -3.39. The Morgan fingerprint density at radius 3 is 2.26 bits per heavy atom. The summed E-state index contributed by atoms with van der Waals surface area (Å²) in [6, 6.07) is 26.4. The Kier molecular flexibility index (Phi) is 10.0. The van der Waals surface area contributed by atoms with Crippen LogP contribution in [0.5, 0.6) is 11.5 Å². The smallest absolute Gasteiger partial charge is 0.248 e. The normalized spacial score (nSPS) is 23.7. The fourth-order valence-electron chi connectivity index (χ4n) is 9.09. The predicted molar refractivity (Wildman–Crippen MR) is 205 cm³/mol. The van der Waals surface area contributed by atoms with Gasteiger partial charge in [0.15, 0.2) is 8.32 Å². The molecule has 0 amide bonds. The van der Waals surface area contributed by atoms with Crippen molar-refractivity contribution in [1.29, 1.82) is 0 Å². The first-order valence-electron chi connectivity index (χ1n) is 18.9. The van der Waals surface area contributed by atoms with Gasteiger partial charge in [-0.1, -0.05) is 69.3 Å². The van der Waals surface area contributed by atoms with Crippen LogP contribution in [0.2, 0.25) is 18.1 Å². The molecule has 1 heterocycles. The molecule has 0 spiro atoms. The highest BCUT2D eigenvalue weighted by Crippen LogP contribution is 2.60. The number of ether oxygens (including phenoxy) is 2. The summed E-state index contributed by atoms with van der Waals surface area (Å²) in [6.45, 7) is 14.2. The number of aromatic amines is 1. The number of pyridine rings is 1. The van der Waals surface area contributed by atoms with Gasteiger partial charge in [-0.3, -0.25) is 4.79 Å². The largest absolute Gasteiger partial charge is 0.493 e. The number of hydrogen-bond donors (Lipinski definition) is 2. The summed E-state index contributed by atoms with van der Waals surface area (Å²) in [5, 5.41) is 4.73. The summed E-state index contributed by atoms with van der Waals surface area (Å²) in [7, 11) is -2.15. The topological polar surface area (TPSA) is 72.6 Å². The van der Waals surface area contributed by atoms with Crippen molar-refractivity contribution >= 4 is 19.2 Å². The van der Waals surface area contributed by atoms with E-state index in [0.29, 0.717) is 29.8 Å². The summed E-state index contributed by atoms with van der Waals surface area (Å²) in [5.74, 6) is 4.50. The number of aromatic nitrogens is 1. The average molecular weight is 693 g/mol. The van der Waals surface area contributed by atoms with Crippen molar-refractivity contribution in [3.63, 3.8) is 0 Å². The van der Waals surface area contributed by atoms with E-state index in [1.165, 1.54) is 44.1 Å². The van der Waals surface area contributed by atoms with E-state index in [0.717, 1.165) is 59.6 Å². The van der Waals surface area contributed by atoms with Crippen LogP contribution in [0.4, 0.5) is 0 Å². The molecule has 4 bridgehead atoms. The monoisotopic (exact) mass is 692 g/mol. The zero-order valence-corrected chi connectivity index (χ0v) is 31.7. The van der Waals surface area contributed by atoms with Crippen LogP contribution in [-0.2, 0) is 17.5 Å². The molecule has 4 aliphatic rings. The van der Waals surface area contributed by atoms with Gasteiger partial charge >= 0.3 is 0 Å². The van der Waals surface area contributed by atoms with Gasteiger partial charge in [-0.05, 0) is 128 Å². The van der Waals surface area contributed by atoms with Crippen LogP contribution in [0, 0.1) is 23.2 Å². The lowest BCUT2D eigenvalue weighted by Crippen LogP contribution is -2.48. The maximum Gasteiger partial charge on any atom is 0.248 e. The summed E-state index contributed by atoms with van der Waals surface area (Å²) in [5.41, 5.74) is 4.38. The molecule has 0 radical (unpaired) electrons. The molecule has 4 aromatic rings. The average Bonchev–Trinajstić information content (AvgIpc) is 3.07. The molecule has 4 aliphatic carbocycles. The molecular formula is C43H56N2O4Si. The van der Waals surface area contributed by atoms with Gasteiger partial charge in [-0.25, -0.2) is 0 Å². The Morgan fingerprint density at radius 2 is 1.56 bits per heavy atom. The molecule has 0 aliphatic heterocycles. The van der Waals surface area contributed by atoms with E-state index in [-0.39, 0.29) is 16.7 Å². The third-order valence-corrected chi connectivity index (χ3v) is 16.7. The molecule has 7 heteroatoms. The van der Waals surface area contributed by atoms with Gasteiger partial charge in [0.05, 0.1) is 18.2 Å². The fraction of sp³-hybridized carbons (Fsp3) is 0.512. The number of rotatable bonds is 14. The lowest BCUT2D eigenvalue weighted by molar-refractivity contribution is -0.0745. The highest BCUT2D eigenvalue weighted by Gasteiger charge is 2.51. The second-order valence-electron chi connectivity index (χ2n) is 17.2. The molecule has 0 unspecified atom stereocenters. The molecule has 1 aromatic heterocycles. The molecule has 6 nitrogen and oxygen atoms in total. The standard InChI is InChI=1S/C43H56N2O4Si/c1-42(2,3)50(4,5)49-39(36-14-16-38(41-37(36)15-17-40(46)45-41)47-28-31-10-7-6-8-11-31)27-44-19-18-30-12-9-13-35(23-30)48-29-43-24-32-20-33(25-43)22-34(21-32)26-43/h6-17,23,32-34,39,44H,18-22,24-29H2,1-5H3,(H,45,46)/t32?,33?,34?,39-,43?/m0/s1. The fourth-order valence-corrected chi connectivity index (χ4v) is 10.4. The Labute approximate surface area is 299 Å². The van der Waals surface area contributed by atoms with Crippen LogP contribution in [0.3, 0.4) is 0 Å². The summed E-state index contributed by atoms with van der Waals surface area (Å²) in [6.07, 6.45) is 9.22. The van der Waals surface area contributed by atoms with E-state index in [1.807, 2.05) is 42.5 Å². The van der Waals surface area contributed by atoms with E-state index in [2.05, 4.69) is 74.5 Å². The van der Waals surface area contributed by atoms with Gasteiger partial charge < -0.3 is 24.2 Å². The van der Waals surface area contributed by atoms with Crippen molar-refractivity contribution in [2.45, 2.75) is 96.6 Å². The summed E-state index contributed by atoms with van der Waals surface area (Å²) >= 11 is 0. The molecule has 50 heavy (non-hydrogen) atoms. The number of nitrogens with one attached hydrogen (secondary N) is 2. The molecule has 4 saturated carbocycles. The van der Waals surface area contributed by atoms with Crippen molar-refractivity contribution in [2.24, 2.45) is 23.2 Å². The SMILES string of the molecule is CC(C)(C)[Si](C)(C)O[C@@H](CNCCc1cccc(OCC23CC4CC(CC(C4)C2)C3)c1)c1ccc(OCc2ccccc2)c2[nH]c(=O)ccc12. The van der Waals surface area contributed by atoms with Crippen LogP contribution >= 0.6 is 0 Å². The molecule has 8 rings (SSSR count). The zero-order valence-electron chi connectivity index (χ0n) is 30.7. The van der Waals surface area contributed by atoms with E-state index in [9.17, 15) is 4.79 Å². The zero-order chi connectivity index (χ0) is 34.9. The molecule has 3 aromatic carbocycles. The lowest BCUT2D eigenvalue weighted by atomic mass is 9.50. The van der Waals surface area contributed by atoms with Gasteiger partial charge in [0.1, 0.15) is 18.1 Å². The Balaban J connectivity index is 1.03. The Morgan fingerprint density at radius 1 is 0.860 bits per heavy atom. The minimum absolute atomic E-state index is 0.0463. The highest BCUT2D eigenvalue weighted by molar-refractivity contribution is 6.74. The van der Waals surface area contributed by atoms with Crippen molar-refractivity contribution in [1.82, 2.24) is 10.3 Å². The van der Waals surface area contributed by atoms with Crippen molar-refractivity contribution in [3.05, 3.63) is 106 Å². The van der Waals surface area contributed by atoms with E-state index < -0.39 is 8.32 Å². The van der Waals surface area contributed by atoms with Gasteiger partial charge in [0, 0.05) is 23.4 Å². The molecular weight excluding hydrogens is 637 g/mol. The van der Waals surface area contributed by atoms with Gasteiger partial charge in [0.25, 0.3) is 0 Å². The third-order valence-electron chi connectivity index (χ3n) is 12.2. The molecule has 0 saturated heterocycles. The second kappa shape index (κ2) is 14.3. The van der Waals surface area contributed by atoms with E-state index in [4.69, 9.17) is 13.9 Å². The first-order valence-corrected chi connectivity index (χ1v) is 21.8. The van der Waals surface area contributed by atoms with Gasteiger partial charge in [-0.15, -0.1) is 0 Å². The third kappa shape index (κ3) is 7.90. The molecule has 2 N–H and O–H groups in total. The van der Waals surface area contributed by atoms with E-state index in [1.54, 1.807) is 6.07 Å². The second-order valence-corrected chi connectivity index (χ2v) is 22.0. The maximum atomic E-state index is 12.5. The lowest BCUT2D eigenvalue weighted by Gasteiger charge is -2.56. The van der Waals surface area contributed by atoms with Crippen molar-refractivity contribution in [3.8, 4) is 11.5 Å². The van der Waals surface area contributed by atoms with Gasteiger partial charge in [-0.2, -0.15) is 0 Å².